The molecule has 1 aliphatic rings. The second-order valence-corrected chi connectivity index (χ2v) is 6.62. The van der Waals surface area contributed by atoms with Crippen LogP contribution in [0.5, 0.6) is 0 Å². The predicted octanol–water partition coefficient (Wildman–Crippen LogP) is 2.91. The van der Waals surface area contributed by atoms with E-state index in [-0.39, 0.29) is 11.8 Å². The van der Waals surface area contributed by atoms with Crippen LogP contribution in [0.3, 0.4) is 0 Å². The molecule has 0 aliphatic carbocycles. The van der Waals surface area contributed by atoms with Crippen LogP contribution in [-0.4, -0.2) is 43.2 Å². The van der Waals surface area contributed by atoms with Crippen molar-refractivity contribution in [3.05, 3.63) is 72.4 Å². The molecule has 1 aliphatic heterocycles. The topological polar surface area (TPSA) is 63.4 Å². The van der Waals surface area contributed by atoms with Gasteiger partial charge in [-0.2, -0.15) is 0 Å². The van der Waals surface area contributed by atoms with Gasteiger partial charge in [0.1, 0.15) is 0 Å². The van der Waals surface area contributed by atoms with Crippen molar-refractivity contribution in [3.63, 3.8) is 0 Å². The van der Waals surface area contributed by atoms with Crippen molar-refractivity contribution in [3.8, 4) is 0 Å². The number of likely N-dealkylation sites (tertiary alicyclic amines) is 1. The van der Waals surface area contributed by atoms with Gasteiger partial charge in [-0.1, -0.05) is 18.2 Å². The first-order valence-corrected chi connectivity index (χ1v) is 8.71. The molecule has 1 unspecified atom stereocenters. The molecule has 0 spiro atoms. The summed E-state index contributed by atoms with van der Waals surface area (Å²) in [6.07, 6.45) is 8.08. The van der Waals surface area contributed by atoms with Crippen LogP contribution in [0.1, 0.15) is 28.4 Å². The van der Waals surface area contributed by atoms with E-state index >= 15 is 0 Å². The number of nitrogens with zero attached hydrogens (tertiary/aromatic N) is 5. The normalized spacial score (nSPS) is 17.2. The van der Waals surface area contributed by atoms with Crippen molar-refractivity contribution in [1.29, 1.82) is 0 Å². The third-order valence-electron chi connectivity index (χ3n) is 5.07. The summed E-state index contributed by atoms with van der Waals surface area (Å²) in [5, 5.41) is 0.989. The van der Waals surface area contributed by atoms with Crippen LogP contribution >= 0.6 is 0 Å². The third-order valence-corrected chi connectivity index (χ3v) is 5.07. The Bertz CT molecular complexity index is 1120. The molecule has 6 nitrogen and oxygen atoms in total. The molecule has 1 amide bonds. The summed E-state index contributed by atoms with van der Waals surface area (Å²) in [6.45, 7) is 1.44. The van der Waals surface area contributed by atoms with Gasteiger partial charge in [-0.15, -0.1) is 0 Å². The number of amides is 1. The van der Waals surface area contributed by atoms with Crippen LogP contribution in [-0.2, 0) is 0 Å². The lowest BCUT2D eigenvalue weighted by molar-refractivity contribution is 0.0790. The molecule has 6 heteroatoms. The van der Waals surface area contributed by atoms with Crippen molar-refractivity contribution in [2.45, 2.75) is 12.3 Å². The highest BCUT2D eigenvalue weighted by Crippen LogP contribution is 2.28. The Balaban J connectivity index is 1.41. The number of para-hydroxylation sites is 1. The predicted molar refractivity (Wildman–Crippen MR) is 98.0 cm³/mol. The Morgan fingerprint density at radius 1 is 1.08 bits per heavy atom. The molecule has 3 aromatic heterocycles. The number of imidazole rings is 1. The fraction of sp³-hybridized carbons (Fsp3) is 0.200. The number of fused-ring (bicyclic) bond motifs is 2. The van der Waals surface area contributed by atoms with Gasteiger partial charge in [0.25, 0.3) is 5.91 Å². The van der Waals surface area contributed by atoms with Crippen LogP contribution < -0.4 is 0 Å². The van der Waals surface area contributed by atoms with Crippen LogP contribution in [0, 0.1) is 0 Å². The smallest absolute Gasteiger partial charge is 0.255 e. The van der Waals surface area contributed by atoms with E-state index in [1.807, 2.05) is 51.9 Å². The van der Waals surface area contributed by atoms with Gasteiger partial charge in [0, 0.05) is 54.9 Å². The zero-order valence-corrected chi connectivity index (χ0v) is 14.1. The van der Waals surface area contributed by atoms with Gasteiger partial charge in [-0.3, -0.25) is 14.2 Å². The fourth-order valence-corrected chi connectivity index (χ4v) is 3.74. The first-order valence-electron chi connectivity index (χ1n) is 8.71. The van der Waals surface area contributed by atoms with Crippen LogP contribution in [0.4, 0.5) is 0 Å². The number of hydrogen-bond donors (Lipinski definition) is 0. The van der Waals surface area contributed by atoms with Crippen LogP contribution in [0.15, 0.2) is 61.2 Å². The summed E-state index contributed by atoms with van der Waals surface area (Å²) in [7, 11) is 0. The van der Waals surface area contributed by atoms with E-state index in [1.165, 1.54) is 0 Å². The van der Waals surface area contributed by atoms with Crippen molar-refractivity contribution in [2.75, 3.05) is 13.1 Å². The Hall–Kier alpha value is -3.28. The molecular weight excluding hydrogens is 326 g/mol. The summed E-state index contributed by atoms with van der Waals surface area (Å²) < 4.78 is 2.01. The highest BCUT2D eigenvalue weighted by Gasteiger charge is 2.29. The minimum absolute atomic E-state index is 0.0432. The molecule has 1 saturated heterocycles. The molecule has 26 heavy (non-hydrogen) atoms. The molecule has 0 N–H and O–H groups in total. The molecule has 1 fully saturated rings. The van der Waals surface area contributed by atoms with Crippen molar-refractivity contribution in [1.82, 2.24) is 24.3 Å². The largest absolute Gasteiger partial charge is 0.338 e. The van der Waals surface area contributed by atoms with E-state index in [0.717, 1.165) is 29.6 Å². The van der Waals surface area contributed by atoms with Gasteiger partial charge in [0.2, 0.25) is 5.78 Å². The third kappa shape index (κ3) is 2.42. The maximum absolute atomic E-state index is 12.9. The number of pyridine rings is 1. The molecular formula is C20H17N5O. The second-order valence-electron chi connectivity index (χ2n) is 6.62. The highest BCUT2D eigenvalue weighted by molar-refractivity contribution is 5.97. The zero-order valence-electron chi connectivity index (χ0n) is 14.1. The lowest BCUT2D eigenvalue weighted by Crippen LogP contribution is -2.28. The van der Waals surface area contributed by atoms with Crippen molar-refractivity contribution in [2.24, 2.45) is 0 Å². The summed E-state index contributed by atoms with van der Waals surface area (Å²) in [5.74, 6) is 1.03. The first kappa shape index (κ1) is 15.0. The highest BCUT2D eigenvalue weighted by atomic mass is 16.2. The monoisotopic (exact) mass is 343 g/mol. The van der Waals surface area contributed by atoms with Gasteiger partial charge in [0.05, 0.1) is 11.1 Å². The van der Waals surface area contributed by atoms with E-state index in [1.54, 1.807) is 18.6 Å². The summed E-state index contributed by atoms with van der Waals surface area (Å²) >= 11 is 0. The second kappa shape index (κ2) is 5.91. The van der Waals surface area contributed by atoms with Gasteiger partial charge < -0.3 is 4.90 Å². The van der Waals surface area contributed by atoms with Crippen molar-refractivity contribution >= 4 is 22.6 Å². The summed E-state index contributed by atoms with van der Waals surface area (Å²) in [5.41, 5.74) is 2.70. The van der Waals surface area contributed by atoms with Crippen LogP contribution in [0.25, 0.3) is 16.7 Å². The van der Waals surface area contributed by atoms with E-state index in [4.69, 9.17) is 0 Å². The molecule has 0 bridgehead atoms. The average Bonchev–Trinajstić information content (AvgIpc) is 3.36. The Labute approximate surface area is 150 Å². The maximum Gasteiger partial charge on any atom is 0.255 e. The van der Waals surface area contributed by atoms with E-state index in [2.05, 4.69) is 15.0 Å². The number of carbonyl (C=O) groups is 1. The number of rotatable bonds is 2. The molecule has 4 heterocycles. The van der Waals surface area contributed by atoms with E-state index in [9.17, 15) is 4.79 Å². The van der Waals surface area contributed by atoms with E-state index in [0.29, 0.717) is 17.9 Å². The average molecular weight is 343 g/mol. The quantitative estimate of drug-likeness (QED) is 0.561. The van der Waals surface area contributed by atoms with Gasteiger partial charge in [-0.05, 0) is 24.6 Å². The fourth-order valence-electron chi connectivity index (χ4n) is 3.74. The molecule has 0 radical (unpaired) electrons. The first-order chi connectivity index (χ1) is 12.8. The molecule has 1 aromatic carbocycles. The summed E-state index contributed by atoms with van der Waals surface area (Å²) in [4.78, 5) is 27.8. The Morgan fingerprint density at radius 2 is 1.96 bits per heavy atom. The lowest BCUT2D eigenvalue weighted by Gasteiger charge is -2.17. The molecule has 4 aromatic rings. The molecule has 1 atom stereocenters. The number of aromatic nitrogens is 4. The molecule has 128 valence electrons. The standard InChI is InChI=1S/C20H17N5O/c26-19(16-11-14-3-1-2-4-17(14)23-12-16)24-9-6-15(13-24)18-5-7-21-20-22-8-10-25(18)20/h1-5,7-8,10-12,15H,6,9,13H2. The van der Waals surface area contributed by atoms with Crippen molar-refractivity contribution < 1.29 is 4.79 Å². The number of hydrogen-bond acceptors (Lipinski definition) is 4. The lowest BCUT2D eigenvalue weighted by atomic mass is 10.0. The van der Waals surface area contributed by atoms with E-state index < -0.39 is 0 Å². The van der Waals surface area contributed by atoms with Crippen LogP contribution in [0.2, 0.25) is 0 Å². The molecule has 5 rings (SSSR count). The maximum atomic E-state index is 12.9. The summed E-state index contributed by atoms with van der Waals surface area (Å²) in [6, 6.07) is 11.8. The van der Waals surface area contributed by atoms with Gasteiger partial charge in [-0.25, -0.2) is 9.97 Å². The minimum Gasteiger partial charge on any atom is -0.338 e. The zero-order chi connectivity index (χ0) is 17.5. The molecule has 0 saturated carbocycles. The Kier molecular flexibility index (Phi) is 3.41. The number of carbonyl (C=O) groups excluding carboxylic acids is 1. The number of benzene rings is 1. The SMILES string of the molecule is O=C(c1cnc2ccccc2c1)N1CCC(c2ccnc3nccn23)C1. The van der Waals surface area contributed by atoms with Gasteiger partial charge in [0.15, 0.2) is 0 Å². The Morgan fingerprint density at radius 3 is 2.92 bits per heavy atom. The minimum atomic E-state index is 0.0432. The van der Waals surface area contributed by atoms with Gasteiger partial charge >= 0.3 is 0 Å².